The van der Waals surface area contributed by atoms with Gasteiger partial charge in [0.05, 0.1) is 5.69 Å². The Kier molecular flexibility index (Phi) is 4.78. The van der Waals surface area contributed by atoms with E-state index in [1.807, 2.05) is 24.3 Å². The Bertz CT molecular complexity index is 737. The number of amides is 1. The summed E-state index contributed by atoms with van der Waals surface area (Å²) < 4.78 is 1.61. The zero-order valence-corrected chi connectivity index (χ0v) is 13.6. The molecule has 2 rings (SSSR count). The van der Waals surface area contributed by atoms with E-state index in [9.17, 15) is 9.59 Å². The number of rotatable bonds is 5. The van der Waals surface area contributed by atoms with Crippen molar-refractivity contribution in [3.8, 4) is 5.69 Å². The monoisotopic (exact) mass is 316 g/mol. The van der Waals surface area contributed by atoms with Gasteiger partial charge in [-0.2, -0.15) is 0 Å². The second-order valence-electron chi connectivity index (χ2n) is 5.64. The predicted octanol–water partition coefficient (Wildman–Crippen LogP) is 1.90. The van der Waals surface area contributed by atoms with Crippen molar-refractivity contribution in [3.63, 3.8) is 0 Å². The Morgan fingerprint density at radius 3 is 2.48 bits per heavy atom. The third-order valence-corrected chi connectivity index (χ3v) is 3.48. The van der Waals surface area contributed by atoms with Crippen LogP contribution in [0.2, 0.25) is 0 Å². The lowest BCUT2D eigenvalue weighted by Gasteiger charge is -2.12. The normalized spacial score (nSPS) is 12.2. The highest BCUT2D eigenvalue weighted by molar-refractivity contribution is 5.93. The Labute approximate surface area is 134 Å². The number of aromatic nitrogens is 3. The van der Waals surface area contributed by atoms with Crippen molar-refractivity contribution in [1.29, 1.82) is 0 Å². The van der Waals surface area contributed by atoms with E-state index < -0.39 is 17.9 Å². The fourth-order valence-electron chi connectivity index (χ4n) is 2.21. The minimum absolute atomic E-state index is 0.0471. The topological polar surface area (TPSA) is 97.1 Å². The summed E-state index contributed by atoms with van der Waals surface area (Å²) in [6.07, 6.45) is 0. The molecule has 0 bridgehead atoms. The summed E-state index contributed by atoms with van der Waals surface area (Å²) in [5, 5.41) is 15.4. The highest BCUT2D eigenvalue weighted by Crippen LogP contribution is 2.23. The first-order chi connectivity index (χ1) is 10.8. The van der Waals surface area contributed by atoms with E-state index in [0.717, 1.165) is 11.3 Å². The third kappa shape index (κ3) is 3.56. The number of carbonyl (C=O) groups excluding carboxylic acids is 1. The Morgan fingerprint density at radius 1 is 1.22 bits per heavy atom. The molecule has 1 aromatic carbocycles. The molecular weight excluding hydrogens is 296 g/mol. The van der Waals surface area contributed by atoms with Crippen LogP contribution in [0.15, 0.2) is 24.3 Å². The van der Waals surface area contributed by atoms with Crippen LogP contribution in [0.25, 0.3) is 5.69 Å². The van der Waals surface area contributed by atoms with Gasteiger partial charge in [-0.3, -0.25) is 9.59 Å². The molecule has 0 spiro atoms. The smallest absolute Gasteiger partial charge is 0.325 e. The van der Waals surface area contributed by atoms with Crippen LogP contribution in [0.4, 0.5) is 0 Å². The molecule has 7 heteroatoms. The maximum absolute atomic E-state index is 12.1. The van der Waals surface area contributed by atoms with Crippen LogP contribution in [0.3, 0.4) is 0 Å². The number of aliphatic carboxylic acids is 1. The van der Waals surface area contributed by atoms with Crippen molar-refractivity contribution in [2.75, 3.05) is 0 Å². The average molecular weight is 316 g/mol. The fraction of sp³-hybridized carbons (Fsp3) is 0.375. The highest BCUT2D eigenvalue weighted by Gasteiger charge is 2.21. The lowest BCUT2D eigenvalue weighted by Crippen LogP contribution is -2.38. The van der Waals surface area contributed by atoms with Crippen LogP contribution in [-0.4, -0.2) is 37.8 Å². The van der Waals surface area contributed by atoms with E-state index in [2.05, 4.69) is 29.2 Å². The molecule has 0 saturated heterocycles. The lowest BCUT2D eigenvalue weighted by atomic mass is 10.0. The molecule has 2 aromatic rings. The molecule has 0 unspecified atom stereocenters. The Hall–Kier alpha value is -2.70. The molecule has 0 radical (unpaired) electrons. The number of aryl methyl sites for hydroxylation is 1. The van der Waals surface area contributed by atoms with Crippen LogP contribution in [-0.2, 0) is 4.79 Å². The summed E-state index contributed by atoms with van der Waals surface area (Å²) in [6.45, 7) is 7.29. The van der Waals surface area contributed by atoms with E-state index in [4.69, 9.17) is 5.11 Å². The van der Waals surface area contributed by atoms with Crippen molar-refractivity contribution < 1.29 is 14.7 Å². The number of carboxylic acid groups (broad SMARTS) is 1. The third-order valence-electron chi connectivity index (χ3n) is 3.48. The number of carbonyl (C=O) groups is 2. The Balaban J connectivity index is 2.36. The van der Waals surface area contributed by atoms with Crippen molar-refractivity contribution in [2.45, 2.75) is 39.7 Å². The Morgan fingerprint density at radius 2 is 1.87 bits per heavy atom. The molecule has 0 fully saturated rings. The van der Waals surface area contributed by atoms with Gasteiger partial charge in [-0.25, -0.2) is 9.67 Å². The molecule has 0 aliphatic rings. The number of nitrogens with zero attached hydrogens (tertiary/aromatic N) is 3. The van der Waals surface area contributed by atoms with Crippen molar-refractivity contribution in [1.82, 2.24) is 20.1 Å². The van der Waals surface area contributed by atoms with Gasteiger partial charge in [0.1, 0.15) is 11.9 Å². The standard InChI is InChI=1S/C16H20N4O3/c1-9(2)12-7-5-6-8-13(12)20-11(4)18-14(19-20)15(21)17-10(3)16(22)23/h5-10H,1-4H3,(H,17,21)(H,22,23)/t10-/m0/s1. The van der Waals surface area contributed by atoms with E-state index in [-0.39, 0.29) is 5.82 Å². The van der Waals surface area contributed by atoms with E-state index >= 15 is 0 Å². The first-order valence-electron chi connectivity index (χ1n) is 7.38. The van der Waals surface area contributed by atoms with E-state index in [0.29, 0.717) is 11.7 Å². The van der Waals surface area contributed by atoms with Crippen LogP contribution >= 0.6 is 0 Å². The molecular formula is C16H20N4O3. The van der Waals surface area contributed by atoms with Gasteiger partial charge < -0.3 is 10.4 Å². The quantitative estimate of drug-likeness (QED) is 0.878. The molecule has 0 aliphatic heterocycles. The number of benzene rings is 1. The summed E-state index contributed by atoms with van der Waals surface area (Å²) in [4.78, 5) is 27.0. The molecule has 1 atom stereocenters. The molecule has 1 amide bonds. The molecule has 7 nitrogen and oxygen atoms in total. The van der Waals surface area contributed by atoms with Crippen LogP contribution in [0.1, 0.15) is 48.7 Å². The number of para-hydroxylation sites is 1. The van der Waals surface area contributed by atoms with Gasteiger partial charge in [-0.05, 0) is 31.4 Å². The van der Waals surface area contributed by atoms with Gasteiger partial charge >= 0.3 is 5.97 Å². The van der Waals surface area contributed by atoms with E-state index in [1.54, 1.807) is 11.6 Å². The predicted molar refractivity (Wildman–Crippen MR) is 84.7 cm³/mol. The van der Waals surface area contributed by atoms with Gasteiger partial charge in [0.15, 0.2) is 0 Å². The zero-order valence-electron chi connectivity index (χ0n) is 13.6. The van der Waals surface area contributed by atoms with Crippen molar-refractivity contribution in [3.05, 3.63) is 41.5 Å². The molecule has 122 valence electrons. The molecule has 0 aliphatic carbocycles. The SMILES string of the molecule is Cc1nc(C(=O)N[C@@H](C)C(=O)O)nn1-c1ccccc1C(C)C. The molecule has 1 aromatic heterocycles. The maximum atomic E-state index is 12.1. The highest BCUT2D eigenvalue weighted by atomic mass is 16.4. The van der Waals surface area contributed by atoms with Gasteiger partial charge in [0, 0.05) is 0 Å². The largest absolute Gasteiger partial charge is 0.480 e. The second-order valence-corrected chi connectivity index (χ2v) is 5.64. The first kappa shape index (κ1) is 16.7. The zero-order chi connectivity index (χ0) is 17.1. The lowest BCUT2D eigenvalue weighted by molar-refractivity contribution is -0.138. The van der Waals surface area contributed by atoms with Crippen molar-refractivity contribution in [2.24, 2.45) is 0 Å². The molecule has 1 heterocycles. The van der Waals surface area contributed by atoms with Crippen molar-refractivity contribution >= 4 is 11.9 Å². The fourth-order valence-corrected chi connectivity index (χ4v) is 2.21. The summed E-state index contributed by atoms with van der Waals surface area (Å²) in [7, 11) is 0. The number of hydrogen-bond donors (Lipinski definition) is 2. The van der Waals surface area contributed by atoms with Gasteiger partial charge in [0.2, 0.25) is 5.82 Å². The number of nitrogens with one attached hydrogen (secondary N) is 1. The van der Waals surface area contributed by atoms with Gasteiger partial charge in [-0.1, -0.05) is 32.0 Å². The minimum atomic E-state index is -1.11. The molecule has 23 heavy (non-hydrogen) atoms. The van der Waals surface area contributed by atoms with Gasteiger partial charge in [-0.15, -0.1) is 5.10 Å². The summed E-state index contributed by atoms with van der Waals surface area (Å²) in [5.41, 5.74) is 1.95. The van der Waals surface area contributed by atoms with Crippen LogP contribution in [0.5, 0.6) is 0 Å². The average Bonchev–Trinajstić information content (AvgIpc) is 2.89. The number of carboxylic acids is 1. The van der Waals surface area contributed by atoms with Crippen LogP contribution < -0.4 is 5.32 Å². The summed E-state index contributed by atoms with van der Waals surface area (Å²) in [5.74, 6) is -0.914. The summed E-state index contributed by atoms with van der Waals surface area (Å²) >= 11 is 0. The first-order valence-corrected chi connectivity index (χ1v) is 7.38. The number of hydrogen-bond acceptors (Lipinski definition) is 4. The second kappa shape index (κ2) is 6.60. The minimum Gasteiger partial charge on any atom is -0.480 e. The summed E-state index contributed by atoms with van der Waals surface area (Å²) in [6, 6.07) is 6.77. The molecule has 0 saturated carbocycles. The molecule has 2 N–H and O–H groups in total. The van der Waals surface area contributed by atoms with E-state index in [1.165, 1.54) is 6.92 Å². The van der Waals surface area contributed by atoms with Crippen LogP contribution in [0, 0.1) is 6.92 Å². The van der Waals surface area contributed by atoms with Gasteiger partial charge in [0.25, 0.3) is 5.91 Å². The maximum Gasteiger partial charge on any atom is 0.325 e.